The van der Waals surface area contributed by atoms with Crippen LogP contribution in [0.15, 0.2) is 23.1 Å². The lowest BCUT2D eigenvalue weighted by Crippen LogP contribution is -1.75. The lowest BCUT2D eigenvalue weighted by atomic mass is 10.1. The SMILES string of the molecule is CSc1c(F)sc2cccc(C)c12. The van der Waals surface area contributed by atoms with E-state index >= 15 is 0 Å². The summed E-state index contributed by atoms with van der Waals surface area (Å²) in [5.41, 5.74) is 1.15. The number of hydrogen-bond acceptors (Lipinski definition) is 2. The monoisotopic (exact) mass is 212 g/mol. The van der Waals surface area contributed by atoms with E-state index in [-0.39, 0.29) is 5.13 Å². The first-order valence-electron chi connectivity index (χ1n) is 3.95. The predicted octanol–water partition coefficient (Wildman–Crippen LogP) is 4.07. The van der Waals surface area contributed by atoms with Crippen LogP contribution in [0.3, 0.4) is 0 Å². The Labute approximate surface area is 84.8 Å². The Morgan fingerprint density at radius 2 is 2.15 bits per heavy atom. The number of hydrogen-bond donors (Lipinski definition) is 0. The van der Waals surface area contributed by atoms with Crippen LogP contribution in [0, 0.1) is 12.1 Å². The standard InChI is InChI=1S/C10H9FS2/c1-6-4-3-5-7-8(6)9(12-2)10(11)13-7/h3-5H,1-2H3. The lowest BCUT2D eigenvalue weighted by Gasteiger charge is -1.97. The molecule has 0 bridgehead atoms. The maximum atomic E-state index is 13.4. The summed E-state index contributed by atoms with van der Waals surface area (Å²) in [5, 5.41) is 1.02. The minimum absolute atomic E-state index is 0.0585. The molecule has 0 N–H and O–H groups in total. The van der Waals surface area contributed by atoms with Crippen LogP contribution < -0.4 is 0 Å². The number of halogens is 1. The van der Waals surface area contributed by atoms with Crippen LogP contribution in [0.1, 0.15) is 5.56 Å². The van der Waals surface area contributed by atoms with E-state index in [9.17, 15) is 4.39 Å². The molecule has 0 nitrogen and oxygen atoms in total. The van der Waals surface area contributed by atoms with E-state index in [2.05, 4.69) is 0 Å². The normalized spacial score (nSPS) is 11.0. The second-order valence-electron chi connectivity index (χ2n) is 2.86. The summed E-state index contributed by atoms with van der Waals surface area (Å²) in [4.78, 5) is 0.790. The Bertz CT molecular complexity index is 445. The van der Waals surface area contributed by atoms with Gasteiger partial charge in [-0.1, -0.05) is 12.1 Å². The Morgan fingerprint density at radius 3 is 2.85 bits per heavy atom. The zero-order valence-corrected chi connectivity index (χ0v) is 9.06. The van der Waals surface area contributed by atoms with Crippen LogP contribution in [0.25, 0.3) is 10.1 Å². The first-order chi connectivity index (χ1) is 6.24. The zero-order valence-electron chi connectivity index (χ0n) is 7.43. The molecule has 0 saturated heterocycles. The summed E-state index contributed by atoms with van der Waals surface area (Å²) < 4.78 is 14.4. The molecule has 3 heteroatoms. The van der Waals surface area contributed by atoms with Crippen molar-refractivity contribution >= 4 is 33.2 Å². The fourth-order valence-corrected chi connectivity index (χ4v) is 3.42. The highest BCUT2D eigenvalue weighted by Crippen LogP contribution is 2.37. The minimum Gasteiger partial charge on any atom is -0.194 e. The molecule has 0 spiro atoms. The fourth-order valence-electron chi connectivity index (χ4n) is 1.44. The molecule has 13 heavy (non-hydrogen) atoms. The predicted molar refractivity (Wildman–Crippen MR) is 58.3 cm³/mol. The summed E-state index contributed by atoms with van der Waals surface area (Å²) in [6.07, 6.45) is 1.91. The Hall–Kier alpha value is -0.540. The lowest BCUT2D eigenvalue weighted by molar-refractivity contribution is 0.636. The average Bonchev–Trinajstić information content (AvgIpc) is 2.42. The second kappa shape index (κ2) is 3.31. The summed E-state index contributed by atoms with van der Waals surface area (Å²) >= 11 is 2.71. The van der Waals surface area contributed by atoms with Crippen molar-refractivity contribution in [3.63, 3.8) is 0 Å². The molecule has 68 valence electrons. The summed E-state index contributed by atoms with van der Waals surface area (Å²) in [5.74, 6) is 0. The molecule has 0 amide bonds. The first kappa shape index (κ1) is 9.03. The molecule has 0 unspecified atom stereocenters. The van der Waals surface area contributed by atoms with Gasteiger partial charge in [0.1, 0.15) is 0 Å². The van der Waals surface area contributed by atoms with Gasteiger partial charge in [0.2, 0.25) is 0 Å². The molecular formula is C10H9FS2. The van der Waals surface area contributed by atoms with E-state index in [1.807, 2.05) is 31.4 Å². The second-order valence-corrected chi connectivity index (χ2v) is 4.68. The number of benzene rings is 1. The summed E-state index contributed by atoms with van der Waals surface area (Å²) in [7, 11) is 0. The van der Waals surface area contributed by atoms with Crippen LogP contribution in [0.2, 0.25) is 0 Å². The maximum Gasteiger partial charge on any atom is 0.191 e. The number of fused-ring (bicyclic) bond motifs is 1. The molecule has 2 aromatic rings. The third-order valence-corrected chi connectivity index (χ3v) is 3.91. The van der Waals surface area contributed by atoms with Crippen molar-refractivity contribution in [1.29, 1.82) is 0 Å². The summed E-state index contributed by atoms with van der Waals surface area (Å²) in [6, 6.07) is 5.96. The van der Waals surface area contributed by atoms with Gasteiger partial charge in [-0.05, 0) is 24.8 Å². The van der Waals surface area contributed by atoms with Crippen LogP contribution in [0.4, 0.5) is 4.39 Å². The van der Waals surface area contributed by atoms with Gasteiger partial charge in [0, 0.05) is 10.1 Å². The van der Waals surface area contributed by atoms with Crippen molar-refractivity contribution in [3.8, 4) is 0 Å². The molecule has 2 rings (SSSR count). The molecule has 0 atom stereocenters. The van der Waals surface area contributed by atoms with E-state index in [4.69, 9.17) is 0 Å². The van der Waals surface area contributed by atoms with Gasteiger partial charge in [0.15, 0.2) is 5.13 Å². The average molecular weight is 212 g/mol. The van der Waals surface area contributed by atoms with Gasteiger partial charge in [-0.2, -0.15) is 4.39 Å². The first-order valence-corrected chi connectivity index (χ1v) is 5.99. The third kappa shape index (κ3) is 1.36. The van der Waals surface area contributed by atoms with Gasteiger partial charge < -0.3 is 0 Å². The quantitative estimate of drug-likeness (QED) is 0.642. The Balaban J connectivity index is 2.88. The molecule has 0 fully saturated rings. The van der Waals surface area contributed by atoms with Crippen LogP contribution in [0.5, 0.6) is 0 Å². The number of aryl methyl sites for hydroxylation is 1. The van der Waals surface area contributed by atoms with Crippen molar-refractivity contribution < 1.29 is 4.39 Å². The molecule has 1 aromatic heterocycles. The molecule has 0 aliphatic heterocycles. The molecular weight excluding hydrogens is 203 g/mol. The maximum absolute atomic E-state index is 13.4. The smallest absolute Gasteiger partial charge is 0.191 e. The van der Waals surface area contributed by atoms with Crippen molar-refractivity contribution in [2.75, 3.05) is 6.26 Å². The number of thiophene rings is 1. The fraction of sp³-hybridized carbons (Fsp3) is 0.200. The van der Waals surface area contributed by atoms with Crippen LogP contribution in [-0.2, 0) is 0 Å². The highest BCUT2D eigenvalue weighted by molar-refractivity contribution is 7.99. The van der Waals surface area contributed by atoms with Crippen molar-refractivity contribution in [1.82, 2.24) is 0 Å². The van der Waals surface area contributed by atoms with Gasteiger partial charge in [-0.25, -0.2) is 0 Å². The highest BCUT2D eigenvalue weighted by Gasteiger charge is 2.11. The Kier molecular flexibility index (Phi) is 2.30. The largest absolute Gasteiger partial charge is 0.194 e. The van der Waals surface area contributed by atoms with E-state index in [1.54, 1.807) is 0 Å². The highest BCUT2D eigenvalue weighted by atomic mass is 32.2. The van der Waals surface area contributed by atoms with Crippen LogP contribution >= 0.6 is 23.1 Å². The van der Waals surface area contributed by atoms with Gasteiger partial charge in [0.05, 0.1) is 4.90 Å². The summed E-state index contributed by atoms with van der Waals surface area (Å²) in [6.45, 7) is 2.02. The van der Waals surface area contributed by atoms with Crippen molar-refractivity contribution in [3.05, 3.63) is 28.9 Å². The van der Waals surface area contributed by atoms with Gasteiger partial charge in [0.25, 0.3) is 0 Å². The van der Waals surface area contributed by atoms with Crippen LogP contribution in [-0.4, -0.2) is 6.26 Å². The number of thioether (sulfide) groups is 1. The molecule has 0 saturated carbocycles. The molecule has 1 heterocycles. The van der Waals surface area contributed by atoms with E-state index in [0.29, 0.717) is 0 Å². The van der Waals surface area contributed by atoms with Crippen molar-refractivity contribution in [2.24, 2.45) is 0 Å². The van der Waals surface area contributed by atoms with E-state index < -0.39 is 0 Å². The zero-order chi connectivity index (χ0) is 9.42. The molecule has 1 aromatic carbocycles. The molecule has 0 aliphatic carbocycles. The number of rotatable bonds is 1. The van der Waals surface area contributed by atoms with Gasteiger partial charge in [-0.3, -0.25) is 0 Å². The van der Waals surface area contributed by atoms with Gasteiger partial charge >= 0.3 is 0 Å². The molecule has 0 radical (unpaired) electrons. The van der Waals surface area contributed by atoms with Gasteiger partial charge in [-0.15, -0.1) is 23.1 Å². The Morgan fingerprint density at radius 1 is 1.38 bits per heavy atom. The van der Waals surface area contributed by atoms with Crippen molar-refractivity contribution in [2.45, 2.75) is 11.8 Å². The van der Waals surface area contributed by atoms with E-state index in [0.717, 1.165) is 20.5 Å². The molecule has 0 aliphatic rings. The third-order valence-electron chi connectivity index (χ3n) is 2.04. The topological polar surface area (TPSA) is 0 Å². The van der Waals surface area contributed by atoms with E-state index in [1.165, 1.54) is 23.1 Å². The minimum atomic E-state index is -0.0585.